The molecule has 1 atom stereocenters. The normalized spacial score (nSPS) is 11.8. The highest BCUT2D eigenvalue weighted by atomic mass is 16.5. The minimum Gasteiger partial charge on any atom is -0.360 e. The Hall–Kier alpha value is -3.42. The third kappa shape index (κ3) is 3.97. The molecule has 3 aromatic rings. The van der Waals surface area contributed by atoms with E-state index in [-0.39, 0.29) is 18.4 Å². The van der Waals surface area contributed by atoms with Crippen molar-refractivity contribution in [2.75, 3.05) is 18.9 Å². The lowest BCUT2D eigenvalue weighted by Crippen LogP contribution is -2.40. The first kappa shape index (κ1) is 17.4. The van der Waals surface area contributed by atoms with E-state index in [2.05, 4.69) is 15.6 Å². The molecule has 2 heterocycles. The Bertz CT molecular complexity index is 873. The van der Waals surface area contributed by atoms with Gasteiger partial charge in [-0.25, -0.2) is 0 Å². The van der Waals surface area contributed by atoms with Crippen LogP contribution in [0.5, 0.6) is 0 Å². The first-order chi connectivity index (χ1) is 12.5. The Kier molecular flexibility index (Phi) is 5.12. The predicted octanol–water partition coefficient (Wildman–Crippen LogP) is 1.87. The van der Waals surface area contributed by atoms with Gasteiger partial charge in [0.1, 0.15) is 5.76 Å². The molecular formula is C18H19N5O3. The van der Waals surface area contributed by atoms with Crippen molar-refractivity contribution in [2.45, 2.75) is 13.0 Å². The number of anilines is 1. The molecule has 0 aliphatic heterocycles. The molecular weight excluding hydrogens is 334 g/mol. The molecule has 0 saturated carbocycles. The van der Waals surface area contributed by atoms with Crippen LogP contribution < -0.4 is 5.32 Å². The quantitative estimate of drug-likeness (QED) is 0.730. The van der Waals surface area contributed by atoms with Gasteiger partial charge < -0.3 is 14.7 Å². The maximum Gasteiger partial charge on any atom is 0.252 e. The van der Waals surface area contributed by atoms with Crippen LogP contribution in [0.15, 0.2) is 59.4 Å². The Morgan fingerprint density at radius 2 is 2.04 bits per heavy atom. The van der Waals surface area contributed by atoms with Gasteiger partial charge in [0.25, 0.3) is 5.91 Å². The van der Waals surface area contributed by atoms with Gasteiger partial charge in [-0.1, -0.05) is 35.5 Å². The molecule has 0 saturated heterocycles. The zero-order valence-corrected chi connectivity index (χ0v) is 14.5. The molecule has 3 rings (SSSR count). The van der Waals surface area contributed by atoms with E-state index in [1.54, 1.807) is 43.2 Å². The molecule has 0 aliphatic carbocycles. The lowest BCUT2D eigenvalue weighted by Gasteiger charge is -2.24. The van der Waals surface area contributed by atoms with Crippen molar-refractivity contribution >= 4 is 17.6 Å². The largest absolute Gasteiger partial charge is 0.360 e. The van der Waals surface area contributed by atoms with E-state index < -0.39 is 6.04 Å². The summed E-state index contributed by atoms with van der Waals surface area (Å²) < 4.78 is 6.48. The second kappa shape index (κ2) is 7.64. The summed E-state index contributed by atoms with van der Waals surface area (Å²) in [4.78, 5) is 26.5. The molecule has 1 unspecified atom stereocenters. The van der Waals surface area contributed by atoms with Crippen LogP contribution in [-0.4, -0.2) is 45.2 Å². The van der Waals surface area contributed by atoms with Gasteiger partial charge in [-0.2, -0.15) is 5.10 Å². The lowest BCUT2D eigenvalue weighted by atomic mass is 10.1. The molecule has 0 spiro atoms. The second-order valence-corrected chi connectivity index (χ2v) is 5.86. The fraction of sp³-hybridized carbons (Fsp3) is 0.222. The summed E-state index contributed by atoms with van der Waals surface area (Å²) in [6, 6.07) is 12.0. The van der Waals surface area contributed by atoms with Crippen molar-refractivity contribution in [1.82, 2.24) is 19.8 Å². The first-order valence-electron chi connectivity index (χ1n) is 8.07. The SMILES string of the molecule is Cc1cc(NC(=O)CN(C)C(=O)C(c2ccccc2)n2cccn2)no1. The molecule has 0 radical (unpaired) electrons. The molecule has 0 bridgehead atoms. The number of amides is 2. The van der Waals surface area contributed by atoms with Crippen LogP contribution in [0.1, 0.15) is 17.4 Å². The van der Waals surface area contributed by atoms with Crippen molar-refractivity contribution < 1.29 is 14.1 Å². The monoisotopic (exact) mass is 353 g/mol. The van der Waals surface area contributed by atoms with Gasteiger partial charge in [-0.15, -0.1) is 0 Å². The number of hydrogen-bond acceptors (Lipinski definition) is 5. The van der Waals surface area contributed by atoms with Crippen molar-refractivity contribution in [2.24, 2.45) is 0 Å². The zero-order valence-electron chi connectivity index (χ0n) is 14.5. The molecule has 2 amide bonds. The first-order valence-corrected chi connectivity index (χ1v) is 8.07. The van der Waals surface area contributed by atoms with E-state index in [9.17, 15) is 9.59 Å². The topological polar surface area (TPSA) is 93.3 Å². The van der Waals surface area contributed by atoms with Crippen LogP contribution in [0.25, 0.3) is 0 Å². The maximum absolute atomic E-state index is 13.0. The number of hydrogen-bond donors (Lipinski definition) is 1. The van der Waals surface area contributed by atoms with Crippen molar-refractivity contribution in [3.05, 3.63) is 66.2 Å². The Balaban J connectivity index is 1.73. The van der Waals surface area contributed by atoms with Crippen LogP contribution >= 0.6 is 0 Å². The highest BCUT2D eigenvalue weighted by Crippen LogP contribution is 2.19. The van der Waals surface area contributed by atoms with Gasteiger partial charge in [0.2, 0.25) is 5.91 Å². The van der Waals surface area contributed by atoms with Crippen molar-refractivity contribution in [1.29, 1.82) is 0 Å². The molecule has 0 fully saturated rings. The molecule has 8 heteroatoms. The number of nitrogens with one attached hydrogen (secondary N) is 1. The number of likely N-dealkylation sites (N-methyl/N-ethyl adjacent to an activating group) is 1. The fourth-order valence-corrected chi connectivity index (χ4v) is 2.59. The predicted molar refractivity (Wildman–Crippen MR) is 94.3 cm³/mol. The number of aromatic nitrogens is 3. The number of carbonyl (C=O) groups is 2. The average Bonchev–Trinajstić information content (AvgIpc) is 3.28. The van der Waals surface area contributed by atoms with E-state index in [1.807, 2.05) is 30.3 Å². The summed E-state index contributed by atoms with van der Waals surface area (Å²) in [7, 11) is 1.58. The smallest absolute Gasteiger partial charge is 0.252 e. The number of carbonyl (C=O) groups excluding carboxylic acids is 2. The minimum atomic E-state index is -0.640. The van der Waals surface area contributed by atoms with Gasteiger partial charge in [0.05, 0.1) is 6.54 Å². The number of rotatable bonds is 6. The third-order valence-corrected chi connectivity index (χ3v) is 3.79. The third-order valence-electron chi connectivity index (χ3n) is 3.79. The zero-order chi connectivity index (χ0) is 18.5. The Labute approximate surface area is 150 Å². The van der Waals surface area contributed by atoms with E-state index >= 15 is 0 Å². The van der Waals surface area contributed by atoms with Crippen LogP contribution in [-0.2, 0) is 9.59 Å². The summed E-state index contributed by atoms with van der Waals surface area (Å²) in [6.45, 7) is 1.61. The fourth-order valence-electron chi connectivity index (χ4n) is 2.59. The van der Waals surface area contributed by atoms with Crippen LogP contribution in [0.4, 0.5) is 5.82 Å². The highest BCUT2D eigenvalue weighted by molar-refractivity contribution is 5.94. The summed E-state index contributed by atoms with van der Waals surface area (Å²) in [5, 5.41) is 10.5. The van der Waals surface area contributed by atoms with E-state index in [0.29, 0.717) is 11.6 Å². The second-order valence-electron chi connectivity index (χ2n) is 5.86. The average molecular weight is 353 g/mol. The molecule has 1 aromatic carbocycles. The Morgan fingerprint density at radius 3 is 2.65 bits per heavy atom. The maximum atomic E-state index is 13.0. The van der Waals surface area contributed by atoms with E-state index in [1.165, 1.54) is 4.90 Å². The summed E-state index contributed by atoms with van der Waals surface area (Å²) in [5.74, 6) is 0.306. The van der Waals surface area contributed by atoms with Crippen LogP contribution in [0.3, 0.4) is 0 Å². The van der Waals surface area contributed by atoms with Gasteiger partial charge in [-0.3, -0.25) is 14.3 Å². The van der Waals surface area contributed by atoms with Gasteiger partial charge in [0, 0.05) is 25.5 Å². The molecule has 134 valence electrons. The van der Waals surface area contributed by atoms with E-state index in [4.69, 9.17) is 4.52 Å². The lowest BCUT2D eigenvalue weighted by molar-refractivity contribution is -0.135. The molecule has 8 nitrogen and oxygen atoms in total. The Morgan fingerprint density at radius 1 is 1.27 bits per heavy atom. The highest BCUT2D eigenvalue weighted by Gasteiger charge is 2.27. The van der Waals surface area contributed by atoms with Crippen molar-refractivity contribution in [3.63, 3.8) is 0 Å². The molecule has 1 N–H and O–H groups in total. The number of aryl methyl sites for hydroxylation is 1. The van der Waals surface area contributed by atoms with Crippen LogP contribution in [0, 0.1) is 6.92 Å². The van der Waals surface area contributed by atoms with Crippen LogP contribution in [0.2, 0.25) is 0 Å². The van der Waals surface area contributed by atoms with Gasteiger partial charge in [0.15, 0.2) is 11.9 Å². The summed E-state index contributed by atoms with van der Waals surface area (Å²) in [6.07, 6.45) is 3.34. The molecule has 26 heavy (non-hydrogen) atoms. The molecule has 2 aromatic heterocycles. The summed E-state index contributed by atoms with van der Waals surface area (Å²) >= 11 is 0. The van der Waals surface area contributed by atoms with Gasteiger partial charge >= 0.3 is 0 Å². The number of nitrogens with zero attached hydrogens (tertiary/aromatic N) is 4. The minimum absolute atomic E-state index is 0.116. The van der Waals surface area contributed by atoms with E-state index in [0.717, 1.165) is 5.56 Å². The standard InChI is InChI=1S/C18H19N5O3/c1-13-11-15(21-26-13)20-16(24)12-22(2)18(25)17(23-10-6-9-19-23)14-7-4-3-5-8-14/h3-11,17H,12H2,1-2H3,(H,20,21,24). The van der Waals surface area contributed by atoms with Gasteiger partial charge in [-0.05, 0) is 18.6 Å². The number of benzene rings is 1. The summed E-state index contributed by atoms with van der Waals surface area (Å²) in [5.41, 5.74) is 0.792. The molecule has 0 aliphatic rings. The van der Waals surface area contributed by atoms with Crippen molar-refractivity contribution in [3.8, 4) is 0 Å².